The number of fused-ring (bicyclic) bond motifs is 1. The standard InChI is InChI=1S/C16H30N2O3/c1-14(2,3)8-10(19)9-18-13(20)16(17)11-6-7-21-12(11)15(16,4)5/h10-12,19H,6-9,17H2,1-5H3,(H,18,20). The van der Waals surface area contributed by atoms with E-state index in [0.29, 0.717) is 13.0 Å². The summed E-state index contributed by atoms with van der Waals surface area (Å²) in [5.74, 6) is -0.0699. The first-order valence-electron chi connectivity index (χ1n) is 7.87. The molecule has 4 N–H and O–H groups in total. The van der Waals surface area contributed by atoms with E-state index in [0.717, 1.165) is 6.42 Å². The molecule has 2 fully saturated rings. The van der Waals surface area contributed by atoms with Gasteiger partial charge in [-0.05, 0) is 18.3 Å². The van der Waals surface area contributed by atoms with Gasteiger partial charge in [0.05, 0.1) is 12.2 Å². The van der Waals surface area contributed by atoms with Crippen LogP contribution < -0.4 is 11.1 Å². The van der Waals surface area contributed by atoms with E-state index < -0.39 is 11.6 Å². The molecule has 0 bridgehead atoms. The third-order valence-corrected chi connectivity index (χ3v) is 5.18. The number of amides is 1. The van der Waals surface area contributed by atoms with Crippen molar-refractivity contribution in [3.8, 4) is 0 Å². The van der Waals surface area contributed by atoms with E-state index in [2.05, 4.69) is 26.1 Å². The molecule has 0 spiro atoms. The minimum atomic E-state index is -0.893. The van der Waals surface area contributed by atoms with Crippen molar-refractivity contribution in [2.45, 2.75) is 65.2 Å². The highest BCUT2D eigenvalue weighted by atomic mass is 16.5. The fourth-order valence-electron chi connectivity index (χ4n) is 3.98. The van der Waals surface area contributed by atoms with Gasteiger partial charge < -0.3 is 20.9 Å². The van der Waals surface area contributed by atoms with Gasteiger partial charge in [-0.3, -0.25) is 4.79 Å². The van der Waals surface area contributed by atoms with Gasteiger partial charge in [-0.1, -0.05) is 34.6 Å². The molecule has 1 aliphatic carbocycles. The molecule has 0 aromatic heterocycles. The van der Waals surface area contributed by atoms with Crippen molar-refractivity contribution >= 4 is 5.91 Å². The summed E-state index contributed by atoms with van der Waals surface area (Å²) < 4.78 is 5.69. The van der Waals surface area contributed by atoms with Crippen molar-refractivity contribution in [2.24, 2.45) is 22.5 Å². The largest absolute Gasteiger partial charge is 0.391 e. The van der Waals surface area contributed by atoms with E-state index >= 15 is 0 Å². The second-order valence-corrected chi connectivity index (χ2v) is 8.41. The van der Waals surface area contributed by atoms with Gasteiger partial charge in [-0.2, -0.15) is 0 Å². The minimum absolute atomic E-state index is 0.0324. The predicted molar refractivity (Wildman–Crippen MR) is 81.6 cm³/mol. The number of ether oxygens (including phenoxy) is 1. The highest BCUT2D eigenvalue weighted by Crippen LogP contribution is 2.58. The molecule has 0 aromatic rings. The van der Waals surface area contributed by atoms with Crippen LogP contribution in [0.4, 0.5) is 0 Å². The Balaban J connectivity index is 1.94. The first-order valence-corrected chi connectivity index (χ1v) is 7.87. The number of hydrogen-bond donors (Lipinski definition) is 3. The van der Waals surface area contributed by atoms with Crippen molar-refractivity contribution < 1.29 is 14.6 Å². The van der Waals surface area contributed by atoms with E-state index in [1.807, 2.05) is 13.8 Å². The maximum Gasteiger partial charge on any atom is 0.241 e. The fraction of sp³-hybridized carbons (Fsp3) is 0.938. The zero-order chi connectivity index (χ0) is 16.1. The van der Waals surface area contributed by atoms with Crippen molar-refractivity contribution in [1.82, 2.24) is 5.32 Å². The van der Waals surface area contributed by atoms with Crippen molar-refractivity contribution in [3.05, 3.63) is 0 Å². The molecule has 4 unspecified atom stereocenters. The monoisotopic (exact) mass is 298 g/mol. The average Bonchev–Trinajstić information content (AvgIpc) is 2.80. The van der Waals surface area contributed by atoms with Crippen LogP contribution in [0.1, 0.15) is 47.5 Å². The van der Waals surface area contributed by atoms with Crippen LogP contribution in [-0.4, -0.2) is 41.9 Å². The van der Waals surface area contributed by atoms with E-state index in [4.69, 9.17) is 10.5 Å². The Morgan fingerprint density at radius 3 is 2.67 bits per heavy atom. The van der Waals surface area contributed by atoms with Crippen LogP contribution in [0.15, 0.2) is 0 Å². The molecule has 0 aromatic carbocycles. The third kappa shape index (κ3) is 2.71. The minimum Gasteiger partial charge on any atom is -0.391 e. The molecule has 2 aliphatic rings. The van der Waals surface area contributed by atoms with Gasteiger partial charge in [0, 0.05) is 24.5 Å². The lowest BCUT2D eigenvalue weighted by Crippen LogP contribution is -2.80. The summed E-state index contributed by atoms with van der Waals surface area (Å²) in [5.41, 5.74) is 5.22. The lowest BCUT2D eigenvalue weighted by Gasteiger charge is -2.60. The van der Waals surface area contributed by atoms with Crippen LogP contribution >= 0.6 is 0 Å². The van der Waals surface area contributed by atoms with Gasteiger partial charge >= 0.3 is 0 Å². The summed E-state index contributed by atoms with van der Waals surface area (Å²) in [7, 11) is 0. The van der Waals surface area contributed by atoms with Gasteiger partial charge in [0.2, 0.25) is 5.91 Å². The van der Waals surface area contributed by atoms with Crippen LogP contribution in [0.5, 0.6) is 0 Å². The molecule has 1 heterocycles. The molecule has 0 radical (unpaired) electrons. The number of carbonyl (C=O) groups is 1. The van der Waals surface area contributed by atoms with E-state index in [-0.39, 0.29) is 35.3 Å². The molecular formula is C16H30N2O3. The Bertz CT molecular complexity index is 416. The Kier molecular flexibility index (Phi) is 4.15. The third-order valence-electron chi connectivity index (χ3n) is 5.18. The molecular weight excluding hydrogens is 268 g/mol. The molecule has 122 valence electrons. The number of aliphatic hydroxyl groups is 1. The first kappa shape index (κ1) is 16.7. The van der Waals surface area contributed by atoms with Gasteiger partial charge in [0.1, 0.15) is 5.54 Å². The molecule has 1 amide bonds. The lowest BCUT2D eigenvalue weighted by atomic mass is 9.48. The number of nitrogens with two attached hydrogens (primary N) is 1. The fourth-order valence-corrected chi connectivity index (χ4v) is 3.98. The smallest absolute Gasteiger partial charge is 0.241 e. The maximum absolute atomic E-state index is 12.6. The Morgan fingerprint density at radius 1 is 1.48 bits per heavy atom. The molecule has 5 heteroatoms. The quantitative estimate of drug-likeness (QED) is 0.724. The molecule has 21 heavy (non-hydrogen) atoms. The molecule has 5 nitrogen and oxygen atoms in total. The second kappa shape index (κ2) is 5.21. The van der Waals surface area contributed by atoms with Gasteiger partial charge in [-0.25, -0.2) is 0 Å². The molecule has 2 rings (SSSR count). The SMILES string of the molecule is CC(C)(C)CC(O)CNC(=O)C1(N)C2CCOC2C1(C)C. The first-order chi connectivity index (χ1) is 9.50. The Hall–Kier alpha value is -0.650. The van der Waals surface area contributed by atoms with Crippen LogP contribution in [0.25, 0.3) is 0 Å². The number of carbonyl (C=O) groups excluding carboxylic acids is 1. The average molecular weight is 298 g/mol. The molecule has 1 aliphatic heterocycles. The maximum atomic E-state index is 12.6. The van der Waals surface area contributed by atoms with Crippen LogP contribution in [0.3, 0.4) is 0 Å². The zero-order valence-electron chi connectivity index (χ0n) is 13.9. The van der Waals surface area contributed by atoms with Crippen molar-refractivity contribution in [2.75, 3.05) is 13.2 Å². The number of aliphatic hydroxyl groups excluding tert-OH is 1. The van der Waals surface area contributed by atoms with E-state index in [1.165, 1.54) is 0 Å². The highest BCUT2D eigenvalue weighted by molar-refractivity contribution is 5.89. The van der Waals surface area contributed by atoms with Crippen molar-refractivity contribution in [3.63, 3.8) is 0 Å². The predicted octanol–water partition coefficient (Wildman–Crippen LogP) is 1.04. The highest BCUT2D eigenvalue weighted by Gasteiger charge is 2.71. The number of rotatable bonds is 4. The summed E-state index contributed by atoms with van der Waals surface area (Å²) >= 11 is 0. The summed E-state index contributed by atoms with van der Waals surface area (Å²) in [4.78, 5) is 12.6. The molecule has 4 atom stereocenters. The molecule has 1 saturated carbocycles. The van der Waals surface area contributed by atoms with Gasteiger partial charge in [0.15, 0.2) is 0 Å². The Morgan fingerprint density at radius 2 is 2.10 bits per heavy atom. The van der Waals surface area contributed by atoms with Gasteiger partial charge in [-0.15, -0.1) is 0 Å². The second-order valence-electron chi connectivity index (χ2n) is 8.41. The number of hydrogen-bond acceptors (Lipinski definition) is 4. The van der Waals surface area contributed by atoms with Crippen LogP contribution in [0.2, 0.25) is 0 Å². The molecule has 1 saturated heterocycles. The van der Waals surface area contributed by atoms with Gasteiger partial charge in [0.25, 0.3) is 0 Å². The van der Waals surface area contributed by atoms with E-state index in [9.17, 15) is 9.90 Å². The van der Waals surface area contributed by atoms with Crippen LogP contribution in [-0.2, 0) is 9.53 Å². The van der Waals surface area contributed by atoms with Crippen LogP contribution in [0, 0.1) is 16.7 Å². The summed E-state index contributed by atoms with van der Waals surface area (Å²) in [6.07, 6.45) is 1.01. The summed E-state index contributed by atoms with van der Waals surface area (Å²) in [5, 5.41) is 12.9. The summed E-state index contributed by atoms with van der Waals surface area (Å²) in [6.45, 7) is 11.1. The van der Waals surface area contributed by atoms with E-state index in [1.54, 1.807) is 0 Å². The zero-order valence-corrected chi connectivity index (χ0v) is 13.9. The topological polar surface area (TPSA) is 84.6 Å². The number of nitrogens with one attached hydrogen (secondary N) is 1. The Labute approximate surface area is 127 Å². The normalized spacial score (nSPS) is 35.8. The van der Waals surface area contributed by atoms with Crippen molar-refractivity contribution in [1.29, 1.82) is 0 Å². The lowest BCUT2D eigenvalue weighted by molar-refractivity contribution is -0.175. The summed E-state index contributed by atoms with van der Waals surface area (Å²) in [6, 6.07) is 0.